The highest BCUT2D eigenvalue weighted by atomic mass is 16.6. The first-order valence-electron chi connectivity index (χ1n) is 11.2. The third kappa shape index (κ3) is 3.28. The Balaban J connectivity index is 1.34. The van der Waals surface area contributed by atoms with Crippen LogP contribution in [0.2, 0.25) is 0 Å². The van der Waals surface area contributed by atoms with Gasteiger partial charge in [0.25, 0.3) is 0 Å². The Morgan fingerprint density at radius 3 is 2.84 bits per heavy atom. The number of fused-ring (bicyclic) bond motifs is 2. The van der Waals surface area contributed by atoms with E-state index >= 15 is 0 Å². The lowest BCUT2D eigenvalue weighted by Gasteiger charge is -2.27. The van der Waals surface area contributed by atoms with Crippen molar-refractivity contribution in [3.63, 3.8) is 0 Å². The van der Waals surface area contributed by atoms with E-state index in [-0.39, 0.29) is 24.3 Å². The Labute approximate surface area is 185 Å². The summed E-state index contributed by atoms with van der Waals surface area (Å²) in [5.41, 5.74) is 5.43. The number of aliphatic hydroxyl groups is 2. The molecule has 10 nitrogen and oxygen atoms in total. The van der Waals surface area contributed by atoms with E-state index in [9.17, 15) is 15.0 Å². The number of ether oxygens (including phenoxy) is 2. The summed E-state index contributed by atoms with van der Waals surface area (Å²) in [7, 11) is 1.55. The Morgan fingerprint density at radius 2 is 2.12 bits per heavy atom. The first-order chi connectivity index (χ1) is 15.4. The largest absolute Gasteiger partial charge is 0.463 e. The number of carbonyl (C=O) groups is 1. The minimum Gasteiger partial charge on any atom is -0.463 e. The Bertz CT molecular complexity index is 1030. The maximum Gasteiger partial charge on any atom is 0.309 e. The van der Waals surface area contributed by atoms with Gasteiger partial charge in [0.05, 0.1) is 11.6 Å². The summed E-state index contributed by atoms with van der Waals surface area (Å²) in [4.78, 5) is 20.7. The first-order valence-corrected chi connectivity index (χ1v) is 11.2. The molecule has 10 heteroatoms. The molecule has 0 bridgehead atoms. The van der Waals surface area contributed by atoms with E-state index in [1.165, 1.54) is 36.3 Å². The molecule has 0 radical (unpaired) electrons. The van der Waals surface area contributed by atoms with Crippen molar-refractivity contribution in [2.45, 2.75) is 56.0 Å². The van der Waals surface area contributed by atoms with Crippen LogP contribution in [-0.2, 0) is 19.9 Å². The number of aromatic nitrogens is 3. The predicted molar refractivity (Wildman–Crippen MR) is 115 cm³/mol. The predicted octanol–water partition coefficient (Wildman–Crippen LogP) is 0.697. The molecule has 1 aliphatic heterocycles. The van der Waals surface area contributed by atoms with Crippen LogP contribution in [0.1, 0.15) is 37.8 Å². The normalized spacial score (nSPS) is 36.8. The Kier molecular flexibility index (Phi) is 5.39. The van der Waals surface area contributed by atoms with Crippen LogP contribution in [0.15, 0.2) is 23.5 Å². The van der Waals surface area contributed by atoms with Crippen molar-refractivity contribution in [1.29, 1.82) is 0 Å². The number of nitrogens with zero attached hydrogens (tertiary/aromatic N) is 4. The number of nitrogens with two attached hydrogens (primary N) is 1. The molecule has 6 atom stereocenters. The zero-order valence-electron chi connectivity index (χ0n) is 18.0. The van der Waals surface area contributed by atoms with Crippen molar-refractivity contribution < 1.29 is 24.5 Å². The zero-order valence-corrected chi connectivity index (χ0v) is 18.0. The Morgan fingerprint density at radius 1 is 1.38 bits per heavy atom. The topological polar surface area (TPSA) is 145 Å². The molecule has 2 aromatic rings. The second kappa shape index (κ2) is 8.09. The number of rotatable bonds is 5. The lowest BCUT2D eigenvalue weighted by molar-refractivity contribution is -0.155. The number of hydrogen-bond acceptors (Lipinski definition) is 9. The van der Waals surface area contributed by atoms with Crippen LogP contribution in [-0.4, -0.2) is 69.0 Å². The van der Waals surface area contributed by atoms with Gasteiger partial charge < -0.3 is 25.4 Å². The van der Waals surface area contributed by atoms with E-state index in [0.29, 0.717) is 23.0 Å². The summed E-state index contributed by atoms with van der Waals surface area (Å²) < 4.78 is 13.2. The second-order valence-electron chi connectivity index (χ2n) is 9.18. The fraction of sp³-hybridized carbons (Fsp3) is 0.636. The molecule has 0 amide bonds. The number of nitrogen functional groups attached to an aromatic ring is 1. The van der Waals surface area contributed by atoms with E-state index in [2.05, 4.69) is 15.1 Å². The molecule has 2 saturated carbocycles. The summed E-state index contributed by atoms with van der Waals surface area (Å²) in [6, 6.07) is 3.41. The number of hydrogen-bond donors (Lipinski definition) is 3. The summed E-state index contributed by atoms with van der Waals surface area (Å²) in [5.74, 6) is 1.20. The fourth-order valence-corrected chi connectivity index (χ4v) is 5.84. The van der Waals surface area contributed by atoms with Crippen LogP contribution in [0.5, 0.6) is 0 Å². The van der Waals surface area contributed by atoms with Gasteiger partial charge in [-0.1, -0.05) is 19.3 Å². The van der Waals surface area contributed by atoms with E-state index in [1.807, 2.05) is 0 Å². The lowest BCUT2D eigenvalue weighted by Crippen LogP contribution is -2.43. The molecule has 5 rings (SSSR count). The molecule has 3 heterocycles. The monoisotopic (exact) mass is 443 g/mol. The fourth-order valence-electron chi connectivity index (χ4n) is 5.84. The SMILES string of the molecule is CN=C[C@@]1(c2ccc3c(N)ncnn23)O[C@H](COC(=O)C2CC3CCCC3C2)[C@@H](O)[C@H]1O. The molecule has 1 saturated heterocycles. The highest BCUT2D eigenvalue weighted by Gasteiger charge is 2.56. The van der Waals surface area contributed by atoms with Crippen molar-refractivity contribution >= 4 is 23.5 Å². The molecule has 2 aliphatic carbocycles. The maximum absolute atomic E-state index is 12.7. The summed E-state index contributed by atoms with van der Waals surface area (Å²) in [6.45, 7) is -0.150. The van der Waals surface area contributed by atoms with Crippen LogP contribution in [0.4, 0.5) is 5.82 Å². The maximum atomic E-state index is 12.7. The minimum absolute atomic E-state index is 0.0926. The molecular weight excluding hydrogens is 414 g/mol. The van der Waals surface area contributed by atoms with Gasteiger partial charge in [-0.15, -0.1) is 0 Å². The number of anilines is 1. The van der Waals surface area contributed by atoms with Crippen molar-refractivity contribution in [2.24, 2.45) is 22.7 Å². The third-order valence-electron chi connectivity index (χ3n) is 7.41. The van der Waals surface area contributed by atoms with Gasteiger partial charge in [-0.3, -0.25) is 9.79 Å². The molecule has 3 fully saturated rings. The average molecular weight is 444 g/mol. The quantitative estimate of drug-likeness (QED) is 0.452. The summed E-state index contributed by atoms with van der Waals surface area (Å²) in [6.07, 6.45) is 4.59. The number of esters is 1. The smallest absolute Gasteiger partial charge is 0.309 e. The molecule has 2 aromatic heterocycles. The number of aliphatic hydroxyl groups excluding tert-OH is 2. The third-order valence-corrected chi connectivity index (χ3v) is 7.41. The van der Waals surface area contributed by atoms with Crippen LogP contribution in [0, 0.1) is 17.8 Å². The average Bonchev–Trinajstić information content (AvgIpc) is 3.53. The van der Waals surface area contributed by atoms with Crippen LogP contribution in [0.3, 0.4) is 0 Å². The van der Waals surface area contributed by atoms with Crippen molar-refractivity contribution in [3.8, 4) is 0 Å². The molecule has 0 aromatic carbocycles. The molecule has 172 valence electrons. The van der Waals surface area contributed by atoms with Crippen LogP contribution < -0.4 is 5.73 Å². The molecule has 2 unspecified atom stereocenters. The number of carbonyl (C=O) groups excluding carboxylic acids is 1. The van der Waals surface area contributed by atoms with Gasteiger partial charge in [0, 0.05) is 13.3 Å². The van der Waals surface area contributed by atoms with E-state index in [4.69, 9.17) is 15.2 Å². The van der Waals surface area contributed by atoms with Crippen molar-refractivity contribution in [1.82, 2.24) is 14.6 Å². The minimum atomic E-state index is -1.48. The van der Waals surface area contributed by atoms with Gasteiger partial charge >= 0.3 is 5.97 Å². The van der Waals surface area contributed by atoms with Gasteiger partial charge in [0.15, 0.2) is 11.4 Å². The van der Waals surface area contributed by atoms with Gasteiger partial charge in [-0.05, 0) is 36.8 Å². The van der Waals surface area contributed by atoms with Crippen LogP contribution in [0.25, 0.3) is 5.52 Å². The highest BCUT2D eigenvalue weighted by molar-refractivity contribution is 5.76. The van der Waals surface area contributed by atoms with E-state index < -0.39 is 23.9 Å². The standard InChI is InChI=1S/C22H29N5O5/c1-24-10-22(17-6-5-15-20(23)25-11-26-27(15)17)19(29)18(28)16(32-22)9-31-21(30)14-7-12-3-2-4-13(12)8-14/h5-6,10-14,16,18-19,28-29H,2-4,7-9H2,1H3,(H2,23,25,26)/t12?,13?,14?,16-,18-,19-,22+/m1/s1. The van der Waals surface area contributed by atoms with Gasteiger partial charge in [-0.25, -0.2) is 9.50 Å². The van der Waals surface area contributed by atoms with E-state index in [0.717, 1.165) is 12.8 Å². The summed E-state index contributed by atoms with van der Waals surface area (Å²) in [5, 5.41) is 26.0. The Hall–Kier alpha value is -2.56. The molecule has 3 aliphatic rings. The first kappa shape index (κ1) is 21.3. The molecule has 0 spiro atoms. The lowest BCUT2D eigenvalue weighted by atomic mass is 9.92. The van der Waals surface area contributed by atoms with Crippen molar-refractivity contribution in [3.05, 3.63) is 24.2 Å². The molecule has 32 heavy (non-hydrogen) atoms. The molecular formula is C22H29N5O5. The summed E-state index contributed by atoms with van der Waals surface area (Å²) >= 11 is 0. The zero-order chi connectivity index (χ0) is 22.5. The second-order valence-corrected chi connectivity index (χ2v) is 9.18. The van der Waals surface area contributed by atoms with E-state index in [1.54, 1.807) is 19.2 Å². The van der Waals surface area contributed by atoms with Crippen molar-refractivity contribution in [2.75, 3.05) is 19.4 Å². The van der Waals surface area contributed by atoms with Crippen LogP contribution >= 0.6 is 0 Å². The highest BCUT2D eigenvalue weighted by Crippen LogP contribution is 2.47. The van der Waals surface area contributed by atoms with Gasteiger partial charge in [0.2, 0.25) is 0 Å². The van der Waals surface area contributed by atoms with Gasteiger partial charge in [-0.2, -0.15) is 5.10 Å². The number of aliphatic imine (C=N–C) groups is 1. The molecule has 4 N–H and O–H groups in total. The van der Waals surface area contributed by atoms with Gasteiger partial charge in [0.1, 0.15) is 36.8 Å².